The van der Waals surface area contributed by atoms with Crippen LogP contribution in [0.2, 0.25) is 0 Å². The van der Waals surface area contributed by atoms with Gasteiger partial charge in [0.05, 0.1) is 13.7 Å². The maximum absolute atomic E-state index is 12.9. The Morgan fingerprint density at radius 2 is 1.82 bits per heavy atom. The van der Waals surface area contributed by atoms with Gasteiger partial charge in [-0.2, -0.15) is 0 Å². The molecule has 3 rings (SSSR count). The van der Waals surface area contributed by atoms with Gasteiger partial charge >= 0.3 is 11.7 Å². The van der Waals surface area contributed by atoms with Gasteiger partial charge in [-0.15, -0.1) is 5.10 Å². The Kier molecular flexibility index (Phi) is 5.73. The number of hydrogen-bond donors (Lipinski definition) is 2. The van der Waals surface area contributed by atoms with Gasteiger partial charge in [-0.25, -0.2) is 18.7 Å². The van der Waals surface area contributed by atoms with Crippen LogP contribution in [0, 0.1) is 5.82 Å². The van der Waals surface area contributed by atoms with E-state index in [9.17, 15) is 14.0 Å². The smallest absolute Gasteiger partial charge is 0.345 e. The second-order valence-corrected chi connectivity index (χ2v) is 6.00. The van der Waals surface area contributed by atoms with Crippen molar-refractivity contribution in [2.75, 3.05) is 19.0 Å². The third kappa shape index (κ3) is 4.37. The number of ether oxygens (including phenoxy) is 1. The molecule has 0 aliphatic rings. The van der Waals surface area contributed by atoms with Crippen molar-refractivity contribution in [3.63, 3.8) is 0 Å². The molecule has 0 fully saturated rings. The number of carbonyl (C=O) groups excluding carboxylic acids is 1. The van der Waals surface area contributed by atoms with Crippen LogP contribution in [0.3, 0.4) is 0 Å². The average molecular weight is 385 g/mol. The average Bonchev–Trinajstić information content (AvgIpc) is 2.98. The van der Waals surface area contributed by atoms with E-state index in [-0.39, 0.29) is 24.6 Å². The van der Waals surface area contributed by atoms with E-state index in [0.29, 0.717) is 17.3 Å². The second-order valence-electron chi connectivity index (χ2n) is 6.00. The van der Waals surface area contributed by atoms with Crippen molar-refractivity contribution in [2.24, 2.45) is 7.05 Å². The van der Waals surface area contributed by atoms with E-state index in [4.69, 9.17) is 4.74 Å². The first-order valence-electron chi connectivity index (χ1n) is 8.56. The highest BCUT2D eigenvalue weighted by Crippen LogP contribution is 2.19. The quantitative estimate of drug-likeness (QED) is 0.681. The predicted molar refractivity (Wildman–Crippen MR) is 103 cm³/mol. The Labute approximate surface area is 160 Å². The fourth-order valence-electron chi connectivity index (χ4n) is 2.61. The van der Waals surface area contributed by atoms with E-state index >= 15 is 0 Å². The minimum atomic E-state index is -0.453. The summed E-state index contributed by atoms with van der Waals surface area (Å²) in [5.41, 5.74) is 0.961. The summed E-state index contributed by atoms with van der Waals surface area (Å²) in [5.74, 6) is 0.848. The van der Waals surface area contributed by atoms with Crippen molar-refractivity contribution in [1.82, 2.24) is 19.7 Å². The molecule has 146 valence electrons. The molecule has 2 aromatic carbocycles. The van der Waals surface area contributed by atoms with Gasteiger partial charge in [0.2, 0.25) is 0 Å². The number of carbonyl (C=O) groups is 1. The fraction of sp³-hybridized carbons (Fsp3) is 0.211. The lowest BCUT2D eigenvalue weighted by Crippen LogP contribution is -2.34. The monoisotopic (exact) mass is 385 g/mol. The highest BCUT2D eigenvalue weighted by molar-refractivity contribution is 5.89. The molecule has 0 aliphatic heterocycles. The SMILES string of the molecule is COc1ccc(-c2nn(CCNC(=O)Nc3ccc(F)cc3)c(=O)n2C)cc1. The molecular formula is C19H20FN5O3. The van der Waals surface area contributed by atoms with Crippen LogP contribution in [-0.2, 0) is 13.6 Å². The molecule has 0 unspecified atom stereocenters. The van der Waals surface area contributed by atoms with E-state index < -0.39 is 6.03 Å². The molecule has 0 saturated carbocycles. The van der Waals surface area contributed by atoms with Crippen molar-refractivity contribution in [2.45, 2.75) is 6.54 Å². The van der Waals surface area contributed by atoms with E-state index in [2.05, 4.69) is 15.7 Å². The van der Waals surface area contributed by atoms with Gasteiger partial charge in [0.1, 0.15) is 11.6 Å². The van der Waals surface area contributed by atoms with Gasteiger partial charge in [0.25, 0.3) is 0 Å². The molecular weight excluding hydrogens is 365 g/mol. The first-order chi connectivity index (χ1) is 13.5. The molecule has 1 heterocycles. The number of methoxy groups -OCH3 is 1. The zero-order chi connectivity index (χ0) is 20.1. The largest absolute Gasteiger partial charge is 0.497 e. The summed E-state index contributed by atoms with van der Waals surface area (Å²) in [7, 11) is 3.22. The Hall–Kier alpha value is -3.62. The van der Waals surface area contributed by atoms with Gasteiger partial charge in [-0.3, -0.25) is 4.57 Å². The summed E-state index contributed by atoms with van der Waals surface area (Å²) in [6.07, 6.45) is 0. The number of urea groups is 1. The van der Waals surface area contributed by atoms with Crippen LogP contribution in [0.1, 0.15) is 0 Å². The first kappa shape index (κ1) is 19.2. The first-order valence-corrected chi connectivity index (χ1v) is 8.56. The van der Waals surface area contributed by atoms with Crippen molar-refractivity contribution < 1.29 is 13.9 Å². The lowest BCUT2D eigenvalue weighted by molar-refractivity contribution is 0.251. The normalized spacial score (nSPS) is 10.5. The topological polar surface area (TPSA) is 90.2 Å². The van der Waals surface area contributed by atoms with Crippen molar-refractivity contribution in [1.29, 1.82) is 0 Å². The molecule has 0 aliphatic carbocycles. The van der Waals surface area contributed by atoms with Crippen molar-refractivity contribution in [3.05, 3.63) is 64.8 Å². The molecule has 0 saturated heterocycles. The molecule has 0 spiro atoms. The van der Waals surface area contributed by atoms with Crippen molar-refractivity contribution >= 4 is 11.7 Å². The number of amides is 2. The molecule has 8 nitrogen and oxygen atoms in total. The lowest BCUT2D eigenvalue weighted by Gasteiger charge is -2.07. The maximum atomic E-state index is 12.9. The van der Waals surface area contributed by atoms with Crippen LogP contribution >= 0.6 is 0 Å². The summed E-state index contributed by atoms with van der Waals surface area (Å²) >= 11 is 0. The van der Waals surface area contributed by atoms with Crippen LogP contribution in [0.15, 0.2) is 53.3 Å². The Morgan fingerprint density at radius 1 is 1.14 bits per heavy atom. The second kappa shape index (κ2) is 8.38. The Morgan fingerprint density at radius 3 is 2.46 bits per heavy atom. The fourth-order valence-corrected chi connectivity index (χ4v) is 2.61. The summed E-state index contributed by atoms with van der Waals surface area (Å²) in [6, 6.07) is 12.2. The maximum Gasteiger partial charge on any atom is 0.345 e. The van der Waals surface area contributed by atoms with Crippen LogP contribution in [-0.4, -0.2) is 34.0 Å². The molecule has 2 N–H and O–H groups in total. The third-order valence-electron chi connectivity index (χ3n) is 4.10. The Balaban J connectivity index is 1.60. The number of nitrogens with zero attached hydrogens (tertiary/aromatic N) is 3. The zero-order valence-electron chi connectivity index (χ0n) is 15.5. The molecule has 0 atom stereocenters. The molecule has 3 aromatic rings. The highest BCUT2D eigenvalue weighted by atomic mass is 19.1. The molecule has 28 heavy (non-hydrogen) atoms. The number of nitrogens with one attached hydrogen (secondary N) is 2. The summed E-state index contributed by atoms with van der Waals surface area (Å²) in [4.78, 5) is 24.2. The van der Waals surface area contributed by atoms with Crippen LogP contribution in [0.4, 0.5) is 14.9 Å². The Bertz CT molecular complexity index is 1010. The van der Waals surface area contributed by atoms with Crippen LogP contribution in [0.25, 0.3) is 11.4 Å². The molecule has 0 bridgehead atoms. The van der Waals surface area contributed by atoms with Crippen molar-refractivity contribution in [3.8, 4) is 17.1 Å². The summed E-state index contributed by atoms with van der Waals surface area (Å²) in [5, 5.41) is 9.56. The minimum Gasteiger partial charge on any atom is -0.497 e. The number of anilines is 1. The number of halogens is 1. The van der Waals surface area contributed by atoms with Gasteiger partial charge in [-0.1, -0.05) is 0 Å². The zero-order valence-corrected chi connectivity index (χ0v) is 15.5. The third-order valence-corrected chi connectivity index (χ3v) is 4.10. The number of hydrogen-bond acceptors (Lipinski definition) is 4. The van der Waals surface area contributed by atoms with Gasteiger partial charge in [0.15, 0.2) is 5.82 Å². The molecule has 2 amide bonds. The predicted octanol–water partition coefficient (Wildman–Crippen LogP) is 2.22. The molecule has 0 radical (unpaired) electrons. The lowest BCUT2D eigenvalue weighted by atomic mass is 10.2. The standard InChI is InChI=1S/C19H20FN5O3/c1-24-17(13-3-9-16(28-2)10-4-13)23-25(19(24)27)12-11-21-18(26)22-15-7-5-14(20)6-8-15/h3-10H,11-12H2,1-2H3,(H2,21,22,26). The minimum absolute atomic E-state index is 0.200. The van der Waals surface area contributed by atoms with E-state index in [1.165, 1.54) is 33.5 Å². The number of benzene rings is 2. The number of rotatable bonds is 6. The number of aromatic nitrogens is 3. The van der Waals surface area contributed by atoms with Gasteiger partial charge < -0.3 is 15.4 Å². The summed E-state index contributed by atoms with van der Waals surface area (Å²) < 4.78 is 20.7. The van der Waals surface area contributed by atoms with Gasteiger partial charge in [0, 0.05) is 24.8 Å². The highest BCUT2D eigenvalue weighted by Gasteiger charge is 2.12. The van der Waals surface area contributed by atoms with E-state index in [1.807, 2.05) is 12.1 Å². The molecule has 9 heteroatoms. The van der Waals surface area contributed by atoms with E-state index in [1.54, 1.807) is 26.3 Å². The van der Waals surface area contributed by atoms with Crippen LogP contribution in [0.5, 0.6) is 5.75 Å². The summed E-state index contributed by atoms with van der Waals surface area (Å²) in [6.45, 7) is 0.408. The molecule has 1 aromatic heterocycles. The van der Waals surface area contributed by atoms with Crippen LogP contribution < -0.4 is 21.1 Å². The van der Waals surface area contributed by atoms with E-state index in [0.717, 1.165) is 5.56 Å². The van der Waals surface area contributed by atoms with Gasteiger partial charge in [-0.05, 0) is 48.5 Å².